The van der Waals surface area contributed by atoms with Crippen molar-refractivity contribution in [1.29, 1.82) is 0 Å². The van der Waals surface area contributed by atoms with E-state index in [9.17, 15) is 0 Å². The standard InChI is InChI=1S/C16H19BClN/c1-13-9-14(2)11-15(10-13)12-19(3)17(18)16-7-5-4-6-8-16/h4-11H,12H2,1-3H3. The summed E-state index contributed by atoms with van der Waals surface area (Å²) >= 11 is 6.51. The number of aryl methyl sites for hydroxylation is 2. The Morgan fingerprint density at radius 1 is 1.00 bits per heavy atom. The van der Waals surface area contributed by atoms with Crippen LogP contribution in [-0.2, 0) is 6.54 Å². The van der Waals surface area contributed by atoms with E-state index in [0.717, 1.165) is 12.0 Å². The van der Waals surface area contributed by atoms with E-state index < -0.39 is 0 Å². The second-order valence-corrected chi connectivity index (χ2v) is 5.57. The summed E-state index contributed by atoms with van der Waals surface area (Å²) in [5.41, 5.74) is 5.04. The topological polar surface area (TPSA) is 3.24 Å². The van der Waals surface area contributed by atoms with Crippen LogP contribution in [0.25, 0.3) is 0 Å². The molecule has 2 aromatic rings. The molecule has 1 nitrogen and oxygen atoms in total. The van der Waals surface area contributed by atoms with Gasteiger partial charge < -0.3 is 4.81 Å². The van der Waals surface area contributed by atoms with Crippen molar-refractivity contribution in [2.45, 2.75) is 20.4 Å². The van der Waals surface area contributed by atoms with Crippen LogP contribution in [0.3, 0.4) is 0 Å². The zero-order valence-corrected chi connectivity index (χ0v) is 12.5. The van der Waals surface area contributed by atoms with Crippen molar-refractivity contribution in [3.8, 4) is 0 Å². The van der Waals surface area contributed by atoms with Crippen molar-refractivity contribution in [3.63, 3.8) is 0 Å². The number of hydrogen-bond acceptors (Lipinski definition) is 1. The van der Waals surface area contributed by atoms with Crippen molar-refractivity contribution in [1.82, 2.24) is 4.81 Å². The predicted molar refractivity (Wildman–Crippen MR) is 85.1 cm³/mol. The van der Waals surface area contributed by atoms with Crippen LogP contribution in [-0.4, -0.2) is 18.1 Å². The molecular weight excluding hydrogens is 252 g/mol. The Labute approximate surface area is 121 Å². The van der Waals surface area contributed by atoms with Crippen molar-refractivity contribution in [2.75, 3.05) is 7.05 Å². The number of hydrogen-bond donors (Lipinski definition) is 0. The van der Waals surface area contributed by atoms with E-state index in [-0.39, 0.29) is 6.26 Å². The molecule has 98 valence electrons. The SMILES string of the molecule is Cc1cc(C)cc(CN(C)B(Cl)c2ccccc2)c1. The summed E-state index contributed by atoms with van der Waals surface area (Å²) < 4.78 is 0. The molecule has 0 unspecified atom stereocenters. The average molecular weight is 272 g/mol. The molecule has 0 saturated heterocycles. The minimum absolute atomic E-state index is 0.0954. The molecule has 0 radical (unpaired) electrons. The van der Waals surface area contributed by atoms with Gasteiger partial charge in [0.1, 0.15) is 0 Å². The van der Waals surface area contributed by atoms with E-state index in [0.29, 0.717) is 0 Å². The van der Waals surface area contributed by atoms with Crippen molar-refractivity contribution >= 4 is 23.2 Å². The van der Waals surface area contributed by atoms with Crippen molar-refractivity contribution < 1.29 is 0 Å². The summed E-state index contributed by atoms with van der Waals surface area (Å²) in [6, 6.07) is 16.8. The molecule has 0 N–H and O–H groups in total. The zero-order chi connectivity index (χ0) is 13.8. The number of halogens is 1. The fraction of sp³-hybridized carbons (Fsp3) is 0.250. The van der Waals surface area contributed by atoms with E-state index in [2.05, 4.69) is 56.0 Å². The van der Waals surface area contributed by atoms with Gasteiger partial charge in [-0.2, -0.15) is 11.5 Å². The van der Waals surface area contributed by atoms with Gasteiger partial charge in [-0.25, -0.2) is 0 Å². The fourth-order valence-electron chi connectivity index (χ4n) is 2.39. The van der Waals surface area contributed by atoms with Crippen LogP contribution in [0, 0.1) is 13.8 Å². The molecule has 0 heterocycles. The minimum atomic E-state index is -0.0954. The van der Waals surface area contributed by atoms with Gasteiger partial charge in [0, 0.05) is 6.54 Å². The van der Waals surface area contributed by atoms with Gasteiger partial charge in [-0.3, -0.25) is 0 Å². The molecule has 0 aliphatic heterocycles. The predicted octanol–water partition coefficient (Wildman–Crippen LogP) is 3.37. The van der Waals surface area contributed by atoms with Gasteiger partial charge in [0.2, 0.25) is 0 Å². The third-order valence-corrected chi connectivity index (χ3v) is 3.76. The molecule has 19 heavy (non-hydrogen) atoms. The largest absolute Gasteiger partial charge is 0.364 e. The van der Waals surface area contributed by atoms with Crippen molar-refractivity contribution in [2.24, 2.45) is 0 Å². The minimum Gasteiger partial charge on any atom is -0.323 e. The molecule has 2 aromatic carbocycles. The highest BCUT2D eigenvalue weighted by Crippen LogP contribution is 2.12. The Hall–Kier alpha value is -1.25. The van der Waals surface area contributed by atoms with E-state index in [1.165, 1.54) is 16.7 Å². The highest BCUT2D eigenvalue weighted by molar-refractivity contribution is 7.12. The second kappa shape index (κ2) is 6.27. The lowest BCUT2D eigenvalue weighted by atomic mass is 9.78. The molecule has 0 aliphatic carbocycles. The Morgan fingerprint density at radius 3 is 2.16 bits per heavy atom. The molecule has 2 rings (SSSR count). The van der Waals surface area contributed by atoms with Crippen LogP contribution in [0.2, 0.25) is 0 Å². The van der Waals surface area contributed by atoms with Crippen molar-refractivity contribution in [3.05, 3.63) is 65.2 Å². The van der Waals surface area contributed by atoms with E-state index in [4.69, 9.17) is 11.5 Å². The maximum atomic E-state index is 6.51. The van der Waals surface area contributed by atoms with Crippen LogP contribution in [0.1, 0.15) is 16.7 Å². The Balaban J connectivity index is 2.10. The summed E-state index contributed by atoms with van der Waals surface area (Å²) in [7, 11) is 2.06. The highest BCUT2D eigenvalue weighted by atomic mass is 35.5. The normalized spacial score (nSPS) is 10.8. The first-order valence-corrected chi connectivity index (χ1v) is 6.96. The Bertz CT molecular complexity index is 521. The first-order valence-electron chi connectivity index (χ1n) is 6.52. The maximum absolute atomic E-state index is 6.51. The molecule has 0 amide bonds. The molecule has 0 saturated carbocycles. The lowest BCUT2D eigenvalue weighted by Gasteiger charge is -2.21. The van der Waals surface area contributed by atoms with Crippen LogP contribution in [0.5, 0.6) is 0 Å². The third-order valence-electron chi connectivity index (χ3n) is 3.18. The summed E-state index contributed by atoms with van der Waals surface area (Å²) in [6.07, 6.45) is -0.0954. The van der Waals surface area contributed by atoms with Gasteiger partial charge in [-0.1, -0.05) is 59.7 Å². The molecule has 0 bridgehead atoms. The van der Waals surface area contributed by atoms with Crippen LogP contribution >= 0.6 is 11.5 Å². The lowest BCUT2D eigenvalue weighted by molar-refractivity contribution is 0.531. The fourth-order valence-corrected chi connectivity index (χ4v) is 2.61. The van der Waals surface area contributed by atoms with Gasteiger partial charge in [0.15, 0.2) is 0 Å². The molecule has 0 aliphatic rings. The molecule has 0 aromatic heterocycles. The summed E-state index contributed by atoms with van der Waals surface area (Å²) in [4.78, 5) is 2.16. The van der Waals surface area contributed by atoms with Gasteiger partial charge in [0.05, 0.1) is 0 Å². The summed E-state index contributed by atoms with van der Waals surface area (Å²) in [5, 5.41) is 0. The van der Waals surface area contributed by atoms with Crippen LogP contribution in [0.15, 0.2) is 48.5 Å². The monoisotopic (exact) mass is 271 g/mol. The summed E-state index contributed by atoms with van der Waals surface area (Å²) in [5.74, 6) is 0. The maximum Gasteiger partial charge on any atom is 0.364 e. The molecule has 0 fully saturated rings. The average Bonchev–Trinajstić information content (AvgIpc) is 2.37. The number of benzene rings is 2. The zero-order valence-electron chi connectivity index (χ0n) is 11.7. The summed E-state index contributed by atoms with van der Waals surface area (Å²) in [6.45, 7) is 5.11. The molecule has 0 atom stereocenters. The number of rotatable bonds is 4. The quantitative estimate of drug-likeness (QED) is 0.771. The van der Waals surface area contributed by atoms with Gasteiger partial charge >= 0.3 is 6.26 Å². The highest BCUT2D eigenvalue weighted by Gasteiger charge is 2.19. The van der Waals surface area contributed by atoms with Crippen LogP contribution in [0.4, 0.5) is 0 Å². The van der Waals surface area contributed by atoms with E-state index in [1.807, 2.05) is 18.2 Å². The van der Waals surface area contributed by atoms with Crippen LogP contribution < -0.4 is 5.46 Å². The number of nitrogens with zero attached hydrogens (tertiary/aromatic N) is 1. The van der Waals surface area contributed by atoms with E-state index in [1.54, 1.807) is 0 Å². The Morgan fingerprint density at radius 2 is 1.58 bits per heavy atom. The smallest absolute Gasteiger partial charge is 0.323 e. The first-order chi connectivity index (χ1) is 9.06. The Kier molecular flexibility index (Phi) is 4.68. The lowest BCUT2D eigenvalue weighted by Crippen LogP contribution is -2.41. The molecule has 3 heteroatoms. The third kappa shape index (κ3) is 3.86. The second-order valence-electron chi connectivity index (χ2n) is 5.16. The van der Waals surface area contributed by atoms with Gasteiger partial charge in [-0.15, -0.1) is 0 Å². The van der Waals surface area contributed by atoms with Gasteiger partial charge in [-0.05, 0) is 31.9 Å². The first kappa shape index (κ1) is 14.2. The van der Waals surface area contributed by atoms with Gasteiger partial charge in [0.25, 0.3) is 0 Å². The molecular formula is C16H19BClN. The van der Waals surface area contributed by atoms with E-state index >= 15 is 0 Å². The molecule has 0 spiro atoms.